The lowest BCUT2D eigenvalue weighted by Crippen LogP contribution is -2.32. The molecule has 1 saturated carbocycles. The molecule has 4 rings (SSSR count). The minimum absolute atomic E-state index is 0.0664. The fourth-order valence-corrected chi connectivity index (χ4v) is 4.10. The Morgan fingerprint density at radius 2 is 1.65 bits per heavy atom. The first-order valence-corrected chi connectivity index (χ1v) is 8.06. The van der Waals surface area contributed by atoms with Gasteiger partial charge in [-0.1, -0.05) is 19.1 Å². The Balaban J connectivity index is 1.58. The maximum Gasteiger partial charge on any atom is 0.238 e. The Bertz CT molecular complexity index is 692. The van der Waals surface area contributed by atoms with Crippen LogP contribution in [0.15, 0.2) is 36.4 Å². The minimum Gasteiger partial charge on any atom is -0.326 e. The highest BCUT2D eigenvalue weighted by molar-refractivity contribution is 6.22. The summed E-state index contributed by atoms with van der Waals surface area (Å²) in [7, 11) is 0. The third-order valence-corrected chi connectivity index (χ3v) is 5.20. The van der Waals surface area contributed by atoms with Crippen molar-refractivity contribution in [3.8, 4) is 0 Å². The van der Waals surface area contributed by atoms with Crippen molar-refractivity contribution in [3.05, 3.63) is 36.4 Å². The summed E-state index contributed by atoms with van der Waals surface area (Å²) >= 11 is 0. The largest absolute Gasteiger partial charge is 0.326 e. The van der Waals surface area contributed by atoms with E-state index in [0.29, 0.717) is 17.8 Å². The molecule has 0 aromatic heterocycles. The summed E-state index contributed by atoms with van der Waals surface area (Å²) in [6, 6.07) is 6.89. The van der Waals surface area contributed by atoms with Crippen molar-refractivity contribution >= 4 is 29.1 Å². The summed E-state index contributed by atoms with van der Waals surface area (Å²) in [5.74, 6) is -0.161. The Labute approximate surface area is 134 Å². The second-order valence-electron chi connectivity index (χ2n) is 6.46. The van der Waals surface area contributed by atoms with Gasteiger partial charge in [-0.3, -0.25) is 19.3 Å². The third kappa shape index (κ3) is 2.03. The molecule has 1 aliphatic heterocycles. The number of allylic oxidation sites excluding steroid dienone is 2. The normalized spacial score (nSPS) is 30.9. The van der Waals surface area contributed by atoms with E-state index < -0.39 is 0 Å². The van der Waals surface area contributed by atoms with E-state index in [9.17, 15) is 14.4 Å². The van der Waals surface area contributed by atoms with Crippen molar-refractivity contribution in [2.45, 2.75) is 19.8 Å². The number of amides is 3. The fourth-order valence-electron chi connectivity index (χ4n) is 4.10. The van der Waals surface area contributed by atoms with Gasteiger partial charge in [0.1, 0.15) is 0 Å². The zero-order valence-electron chi connectivity index (χ0n) is 12.9. The number of benzene rings is 1. The first-order valence-electron chi connectivity index (χ1n) is 8.06. The van der Waals surface area contributed by atoms with Gasteiger partial charge >= 0.3 is 0 Å². The molecule has 1 heterocycles. The average molecular weight is 310 g/mol. The predicted molar refractivity (Wildman–Crippen MR) is 85.6 cm³/mol. The van der Waals surface area contributed by atoms with E-state index in [2.05, 4.69) is 17.5 Å². The molecule has 1 saturated heterocycles. The molecule has 2 fully saturated rings. The molecule has 3 amide bonds. The Kier molecular flexibility index (Phi) is 3.11. The van der Waals surface area contributed by atoms with Crippen LogP contribution in [0.4, 0.5) is 11.4 Å². The number of carbonyl (C=O) groups is 3. The first-order chi connectivity index (χ1) is 11.1. The van der Waals surface area contributed by atoms with Crippen LogP contribution in [0.2, 0.25) is 0 Å². The maximum absolute atomic E-state index is 12.7. The van der Waals surface area contributed by atoms with E-state index in [0.717, 1.165) is 6.42 Å². The summed E-state index contributed by atoms with van der Waals surface area (Å²) in [5.41, 5.74) is 1.25. The van der Waals surface area contributed by atoms with E-state index >= 15 is 0 Å². The smallest absolute Gasteiger partial charge is 0.238 e. The molecule has 5 nitrogen and oxygen atoms in total. The molecule has 1 aromatic rings. The van der Waals surface area contributed by atoms with Crippen molar-refractivity contribution < 1.29 is 14.4 Å². The summed E-state index contributed by atoms with van der Waals surface area (Å²) in [6.45, 7) is 1.78. The van der Waals surface area contributed by atoms with E-state index in [1.807, 2.05) is 0 Å². The molecule has 118 valence electrons. The van der Waals surface area contributed by atoms with Crippen LogP contribution in [0.5, 0.6) is 0 Å². The highest BCUT2D eigenvalue weighted by Crippen LogP contribution is 2.53. The molecular formula is C18H18N2O3. The van der Waals surface area contributed by atoms with Crippen LogP contribution in [-0.4, -0.2) is 17.7 Å². The van der Waals surface area contributed by atoms with Crippen molar-refractivity contribution in [1.29, 1.82) is 0 Å². The topological polar surface area (TPSA) is 66.5 Å². The molecule has 0 spiro atoms. The van der Waals surface area contributed by atoms with E-state index in [1.165, 1.54) is 4.90 Å². The van der Waals surface area contributed by atoms with Gasteiger partial charge in [0, 0.05) is 12.1 Å². The standard InChI is InChI=1S/C18H18N2O3/c1-2-14(21)19-12-5-7-13(8-6-12)20-17(22)15-10-3-4-11(9-10)16(15)18(20)23/h3-8,10-11,15-16H,2,9H2,1H3,(H,19,21). The molecule has 1 aromatic carbocycles. The van der Waals surface area contributed by atoms with Gasteiger partial charge in [0.2, 0.25) is 17.7 Å². The molecule has 5 heteroatoms. The van der Waals surface area contributed by atoms with Crippen LogP contribution in [0, 0.1) is 23.7 Å². The highest BCUT2D eigenvalue weighted by Gasteiger charge is 2.59. The van der Waals surface area contributed by atoms with E-state index in [4.69, 9.17) is 0 Å². The lowest BCUT2D eigenvalue weighted by molar-refractivity contribution is -0.123. The monoisotopic (exact) mass is 310 g/mol. The summed E-state index contributed by atoms with van der Waals surface area (Å²) in [5, 5.41) is 2.76. The van der Waals surface area contributed by atoms with Gasteiger partial charge in [-0.25, -0.2) is 0 Å². The lowest BCUT2D eigenvalue weighted by Gasteiger charge is -2.17. The van der Waals surface area contributed by atoms with Crippen molar-refractivity contribution in [3.63, 3.8) is 0 Å². The van der Waals surface area contributed by atoms with Gasteiger partial charge in [-0.2, -0.15) is 0 Å². The van der Waals surface area contributed by atoms with Crippen molar-refractivity contribution in [2.75, 3.05) is 10.2 Å². The quantitative estimate of drug-likeness (QED) is 0.688. The van der Waals surface area contributed by atoms with Crippen LogP contribution >= 0.6 is 0 Å². The molecule has 23 heavy (non-hydrogen) atoms. The van der Waals surface area contributed by atoms with Gasteiger partial charge in [0.25, 0.3) is 0 Å². The van der Waals surface area contributed by atoms with Crippen LogP contribution in [0.1, 0.15) is 19.8 Å². The number of nitrogens with one attached hydrogen (secondary N) is 1. The van der Waals surface area contributed by atoms with Gasteiger partial charge in [0.05, 0.1) is 17.5 Å². The van der Waals surface area contributed by atoms with Crippen molar-refractivity contribution in [1.82, 2.24) is 0 Å². The zero-order valence-corrected chi connectivity index (χ0v) is 12.9. The van der Waals surface area contributed by atoms with Gasteiger partial charge in [-0.15, -0.1) is 0 Å². The maximum atomic E-state index is 12.7. The predicted octanol–water partition coefficient (Wildman–Crippen LogP) is 2.35. The molecule has 2 bridgehead atoms. The van der Waals surface area contributed by atoms with Crippen LogP contribution < -0.4 is 10.2 Å². The fraction of sp³-hybridized carbons (Fsp3) is 0.389. The number of nitrogens with zero attached hydrogens (tertiary/aromatic N) is 1. The van der Waals surface area contributed by atoms with Gasteiger partial charge in [0.15, 0.2) is 0 Å². The zero-order chi connectivity index (χ0) is 16.1. The number of rotatable bonds is 3. The number of carbonyl (C=O) groups excluding carboxylic acids is 3. The van der Waals surface area contributed by atoms with Crippen LogP contribution in [0.3, 0.4) is 0 Å². The number of anilines is 2. The SMILES string of the molecule is CCC(=O)Nc1ccc(N2C(=O)C3C4C=CC(C4)C3C2=O)cc1. The second kappa shape index (κ2) is 5.05. The minimum atomic E-state index is -0.183. The number of hydrogen-bond donors (Lipinski definition) is 1. The van der Waals surface area contributed by atoms with E-state index in [-0.39, 0.29) is 41.4 Å². The summed E-state index contributed by atoms with van der Waals surface area (Å²) in [4.78, 5) is 38.1. The number of imide groups is 1. The van der Waals surface area contributed by atoms with Crippen LogP contribution in [-0.2, 0) is 14.4 Å². The molecule has 4 unspecified atom stereocenters. The Hall–Kier alpha value is -2.43. The average Bonchev–Trinajstić information content (AvgIpc) is 3.23. The number of fused-ring (bicyclic) bond motifs is 5. The van der Waals surface area contributed by atoms with Gasteiger partial charge < -0.3 is 5.32 Å². The molecule has 4 atom stereocenters. The third-order valence-electron chi connectivity index (χ3n) is 5.20. The number of hydrogen-bond acceptors (Lipinski definition) is 3. The Morgan fingerprint density at radius 1 is 1.09 bits per heavy atom. The van der Waals surface area contributed by atoms with Crippen molar-refractivity contribution in [2.24, 2.45) is 23.7 Å². The second-order valence-corrected chi connectivity index (χ2v) is 6.46. The molecule has 1 N–H and O–H groups in total. The highest BCUT2D eigenvalue weighted by atomic mass is 16.2. The van der Waals surface area contributed by atoms with Crippen LogP contribution in [0.25, 0.3) is 0 Å². The molecular weight excluding hydrogens is 292 g/mol. The van der Waals surface area contributed by atoms with E-state index in [1.54, 1.807) is 31.2 Å². The molecule has 3 aliphatic rings. The summed E-state index contributed by atoms with van der Waals surface area (Å²) in [6.07, 6.45) is 5.51. The molecule has 2 aliphatic carbocycles. The summed E-state index contributed by atoms with van der Waals surface area (Å²) < 4.78 is 0. The van der Waals surface area contributed by atoms with Gasteiger partial charge in [-0.05, 0) is 42.5 Å². The molecule has 0 radical (unpaired) electrons. The lowest BCUT2D eigenvalue weighted by atomic mass is 9.85. The first kappa shape index (κ1) is 14.2. The Morgan fingerprint density at radius 3 is 2.17 bits per heavy atom.